The fourth-order valence-corrected chi connectivity index (χ4v) is 1.35. The molecule has 0 bridgehead atoms. The van der Waals surface area contributed by atoms with Gasteiger partial charge in [0, 0.05) is 12.1 Å². The first kappa shape index (κ1) is 16.1. The van der Waals surface area contributed by atoms with E-state index in [1.54, 1.807) is 0 Å². The van der Waals surface area contributed by atoms with Gasteiger partial charge in [0.1, 0.15) is 0 Å². The predicted molar refractivity (Wildman–Crippen MR) is 59.0 cm³/mol. The zero-order valence-electron chi connectivity index (χ0n) is 9.90. The molecule has 2 nitrogen and oxygen atoms in total. The molecule has 110 valence electrons. The van der Waals surface area contributed by atoms with Crippen LogP contribution >= 0.6 is 0 Å². The quantitative estimate of drug-likeness (QED) is 0.670. The largest absolute Gasteiger partial charge is 0.416 e. The molecule has 1 N–H and O–H groups in total. The van der Waals surface area contributed by atoms with Gasteiger partial charge >= 0.3 is 12.4 Å². The van der Waals surface area contributed by atoms with Crippen molar-refractivity contribution >= 4 is 5.91 Å². The Morgan fingerprint density at radius 2 is 1.50 bits per heavy atom. The summed E-state index contributed by atoms with van der Waals surface area (Å²) < 4.78 is 75.2. The van der Waals surface area contributed by atoms with Crippen LogP contribution in [0.1, 0.15) is 21.5 Å². The monoisotopic (exact) mass is 297 g/mol. The summed E-state index contributed by atoms with van der Waals surface area (Å²) in [6.07, 6.45) is -8.71. The summed E-state index contributed by atoms with van der Waals surface area (Å²) in [5, 5.41) is 2.11. The van der Waals surface area contributed by atoms with E-state index >= 15 is 0 Å². The van der Waals surface area contributed by atoms with E-state index in [1.165, 1.54) is 6.08 Å². The van der Waals surface area contributed by atoms with Gasteiger partial charge in [0.15, 0.2) is 0 Å². The van der Waals surface area contributed by atoms with E-state index in [2.05, 4.69) is 11.9 Å². The lowest BCUT2D eigenvalue weighted by molar-refractivity contribution is -0.143. The third kappa shape index (κ3) is 4.01. The maximum atomic E-state index is 12.5. The van der Waals surface area contributed by atoms with Crippen LogP contribution in [0.3, 0.4) is 0 Å². The smallest absolute Gasteiger partial charge is 0.349 e. The van der Waals surface area contributed by atoms with Crippen molar-refractivity contribution in [1.82, 2.24) is 5.32 Å². The Morgan fingerprint density at radius 3 is 1.85 bits per heavy atom. The standard InChI is InChI=1S/C12H9F6NO/c1-2-3-19-10(20)7-4-8(11(13,14)15)6-9(5-7)12(16,17)18/h2,4-6H,1,3H2,(H,19,20). The van der Waals surface area contributed by atoms with Crippen LogP contribution in [0.15, 0.2) is 30.9 Å². The lowest BCUT2D eigenvalue weighted by Gasteiger charge is -2.13. The second kappa shape index (κ2) is 5.56. The van der Waals surface area contributed by atoms with Crippen LogP contribution < -0.4 is 5.32 Å². The number of rotatable bonds is 3. The number of amides is 1. The molecule has 0 aliphatic carbocycles. The first-order valence-corrected chi connectivity index (χ1v) is 5.24. The van der Waals surface area contributed by atoms with Gasteiger partial charge in [0.25, 0.3) is 5.91 Å². The number of carbonyl (C=O) groups excluding carboxylic acids is 1. The average Bonchev–Trinajstić information content (AvgIpc) is 2.33. The Morgan fingerprint density at radius 1 is 1.05 bits per heavy atom. The molecule has 0 saturated heterocycles. The molecule has 0 fully saturated rings. The zero-order chi connectivity index (χ0) is 15.6. The number of alkyl halides is 6. The summed E-state index contributed by atoms with van der Waals surface area (Å²) in [7, 11) is 0. The summed E-state index contributed by atoms with van der Waals surface area (Å²) in [5.74, 6) is -1.04. The lowest BCUT2D eigenvalue weighted by Crippen LogP contribution is -2.24. The molecule has 0 atom stereocenters. The van der Waals surface area contributed by atoms with E-state index in [1.807, 2.05) is 0 Å². The minimum absolute atomic E-state index is 0.0374. The Bertz CT molecular complexity index is 485. The van der Waals surface area contributed by atoms with Crippen LogP contribution in [0.2, 0.25) is 0 Å². The van der Waals surface area contributed by atoms with Crippen molar-refractivity contribution in [2.24, 2.45) is 0 Å². The highest BCUT2D eigenvalue weighted by molar-refractivity contribution is 5.94. The maximum Gasteiger partial charge on any atom is 0.416 e. The molecule has 0 heterocycles. The van der Waals surface area contributed by atoms with Crippen LogP contribution in [-0.2, 0) is 12.4 Å². The lowest BCUT2D eigenvalue weighted by atomic mass is 10.0. The van der Waals surface area contributed by atoms with Crippen molar-refractivity contribution in [3.05, 3.63) is 47.5 Å². The summed E-state index contributed by atoms with van der Waals surface area (Å²) in [5.41, 5.74) is -3.78. The fraction of sp³-hybridized carbons (Fsp3) is 0.250. The SMILES string of the molecule is C=CCNC(=O)c1cc(C(F)(F)F)cc(C(F)(F)F)c1. The van der Waals surface area contributed by atoms with Gasteiger partial charge in [0.2, 0.25) is 0 Å². The highest BCUT2D eigenvalue weighted by atomic mass is 19.4. The number of benzene rings is 1. The fourth-order valence-electron chi connectivity index (χ4n) is 1.35. The van der Waals surface area contributed by atoms with Gasteiger partial charge in [-0.15, -0.1) is 6.58 Å². The summed E-state index contributed by atoms with van der Waals surface area (Å²) >= 11 is 0. The van der Waals surface area contributed by atoms with Crippen molar-refractivity contribution in [1.29, 1.82) is 0 Å². The van der Waals surface area contributed by atoms with E-state index in [9.17, 15) is 31.1 Å². The Hall–Kier alpha value is -1.99. The van der Waals surface area contributed by atoms with Crippen molar-refractivity contribution < 1.29 is 31.1 Å². The van der Waals surface area contributed by atoms with E-state index in [0.29, 0.717) is 12.1 Å². The summed E-state index contributed by atoms with van der Waals surface area (Å²) in [4.78, 5) is 11.5. The number of hydrogen-bond donors (Lipinski definition) is 1. The van der Waals surface area contributed by atoms with E-state index in [0.717, 1.165) is 0 Å². The molecule has 0 radical (unpaired) electrons. The van der Waals surface area contributed by atoms with Gasteiger partial charge in [-0.2, -0.15) is 26.3 Å². The second-order valence-electron chi connectivity index (χ2n) is 3.79. The van der Waals surface area contributed by atoms with Crippen LogP contribution in [0.4, 0.5) is 26.3 Å². The third-order valence-corrected chi connectivity index (χ3v) is 2.26. The van der Waals surface area contributed by atoms with Crippen LogP contribution in [-0.4, -0.2) is 12.5 Å². The van der Waals surface area contributed by atoms with E-state index < -0.39 is 35.0 Å². The van der Waals surface area contributed by atoms with Crippen molar-refractivity contribution in [2.45, 2.75) is 12.4 Å². The van der Waals surface area contributed by atoms with Gasteiger partial charge in [-0.3, -0.25) is 4.79 Å². The van der Waals surface area contributed by atoms with Crippen molar-refractivity contribution in [2.75, 3.05) is 6.54 Å². The van der Waals surface area contributed by atoms with Gasteiger partial charge in [-0.05, 0) is 18.2 Å². The van der Waals surface area contributed by atoms with Gasteiger partial charge in [-0.1, -0.05) is 6.08 Å². The zero-order valence-corrected chi connectivity index (χ0v) is 9.90. The summed E-state index contributed by atoms with van der Waals surface area (Å²) in [6.45, 7) is 3.19. The molecule has 1 rings (SSSR count). The second-order valence-corrected chi connectivity index (χ2v) is 3.79. The Labute approximate surface area is 110 Å². The Balaban J connectivity index is 3.31. The number of halogens is 6. The molecule has 1 aromatic rings. The normalized spacial score (nSPS) is 12.1. The van der Waals surface area contributed by atoms with Crippen LogP contribution in [0, 0.1) is 0 Å². The van der Waals surface area contributed by atoms with Crippen LogP contribution in [0.25, 0.3) is 0 Å². The van der Waals surface area contributed by atoms with Gasteiger partial charge < -0.3 is 5.32 Å². The van der Waals surface area contributed by atoms with Crippen molar-refractivity contribution in [3.8, 4) is 0 Å². The Kier molecular flexibility index (Phi) is 4.46. The molecule has 8 heteroatoms. The van der Waals surface area contributed by atoms with E-state index in [4.69, 9.17) is 0 Å². The molecule has 0 aromatic heterocycles. The average molecular weight is 297 g/mol. The molecule has 0 aliphatic heterocycles. The number of hydrogen-bond acceptors (Lipinski definition) is 1. The molecule has 0 saturated carbocycles. The third-order valence-electron chi connectivity index (χ3n) is 2.26. The number of carbonyl (C=O) groups is 1. The minimum Gasteiger partial charge on any atom is -0.349 e. The first-order valence-electron chi connectivity index (χ1n) is 5.24. The highest BCUT2D eigenvalue weighted by Crippen LogP contribution is 2.36. The molecule has 0 aliphatic rings. The van der Waals surface area contributed by atoms with Crippen LogP contribution in [0.5, 0.6) is 0 Å². The molecule has 1 amide bonds. The molecule has 20 heavy (non-hydrogen) atoms. The molecular weight excluding hydrogens is 288 g/mol. The maximum absolute atomic E-state index is 12.5. The van der Waals surface area contributed by atoms with E-state index in [-0.39, 0.29) is 12.6 Å². The first-order chi connectivity index (χ1) is 9.05. The molecule has 1 aromatic carbocycles. The highest BCUT2D eigenvalue weighted by Gasteiger charge is 2.37. The topological polar surface area (TPSA) is 29.1 Å². The van der Waals surface area contributed by atoms with Gasteiger partial charge in [0.05, 0.1) is 11.1 Å². The molecule has 0 spiro atoms. The van der Waals surface area contributed by atoms with Crippen molar-refractivity contribution in [3.63, 3.8) is 0 Å². The summed E-state index contributed by atoms with van der Waals surface area (Å²) in [6, 6.07) is 0.700. The molecular formula is C12H9F6NO. The molecule has 0 unspecified atom stereocenters. The minimum atomic E-state index is -4.98. The predicted octanol–water partition coefficient (Wildman–Crippen LogP) is 3.64. The number of nitrogens with one attached hydrogen (secondary N) is 1. The van der Waals surface area contributed by atoms with Gasteiger partial charge in [-0.25, -0.2) is 0 Å².